The van der Waals surface area contributed by atoms with Gasteiger partial charge in [0.05, 0.1) is 0 Å². The third kappa shape index (κ3) is 1.16. The van der Waals surface area contributed by atoms with Gasteiger partial charge in [-0.25, -0.2) is 0 Å². The van der Waals surface area contributed by atoms with E-state index in [4.69, 9.17) is 0 Å². The third-order valence-electron chi connectivity index (χ3n) is 2.85. The Kier molecular flexibility index (Phi) is 1.93. The first-order valence-electron chi connectivity index (χ1n) is 4.60. The summed E-state index contributed by atoms with van der Waals surface area (Å²) in [5, 5.41) is 0. The van der Waals surface area contributed by atoms with Crippen molar-refractivity contribution < 1.29 is 0 Å². The molecule has 2 rings (SSSR count). The van der Waals surface area contributed by atoms with Gasteiger partial charge in [-0.1, -0.05) is 0 Å². The molecule has 1 saturated heterocycles. The molecule has 0 aliphatic carbocycles. The molecule has 0 amide bonds. The summed E-state index contributed by atoms with van der Waals surface area (Å²) in [4.78, 5) is 2.44. The second kappa shape index (κ2) is 2.94. The van der Waals surface area contributed by atoms with Crippen LogP contribution in [0.4, 0.5) is 0 Å². The molecular weight excluding hydrogens is 148 g/mol. The van der Waals surface area contributed by atoms with E-state index in [-0.39, 0.29) is 0 Å². The first-order chi connectivity index (χ1) is 5.79. The van der Waals surface area contributed by atoms with E-state index in [1.54, 1.807) is 0 Å². The quantitative estimate of drug-likeness (QED) is 0.614. The van der Waals surface area contributed by atoms with Crippen molar-refractivity contribution in [2.24, 2.45) is 7.05 Å². The molecule has 0 spiro atoms. The maximum atomic E-state index is 2.44. The van der Waals surface area contributed by atoms with E-state index in [1.807, 2.05) is 0 Å². The molecule has 0 radical (unpaired) electrons. The Morgan fingerprint density at radius 2 is 2.25 bits per heavy atom. The van der Waals surface area contributed by atoms with Crippen molar-refractivity contribution in [3.8, 4) is 0 Å². The van der Waals surface area contributed by atoms with Crippen molar-refractivity contribution in [1.29, 1.82) is 0 Å². The van der Waals surface area contributed by atoms with Crippen LogP contribution in [0.15, 0.2) is 18.3 Å². The van der Waals surface area contributed by atoms with Crippen LogP contribution >= 0.6 is 0 Å². The zero-order chi connectivity index (χ0) is 8.55. The first kappa shape index (κ1) is 7.87. The molecule has 1 aliphatic rings. The van der Waals surface area contributed by atoms with Crippen molar-refractivity contribution >= 4 is 0 Å². The highest BCUT2D eigenvalue weighted by Crippen LogP contribution is 2.29. The molecule has 0 aromatic carbocycles. The molecule has 1 atom stereocenters. The molecule has 1 aromatic heterocycles. The van der Waals surface area contributed by atoms with E-state index in [0.29, 0.717) is 6.04 Å². The summed E-state index contributed by atoms with van der Waals surface area (Å²) in [6.45, 7) is 1.25. The van der Waals surface area contributed by atoms with E-state index in [2.05, 4.69) is 41.9 Å². The number of hydrogen-bond acceptors (Lipinski definition) is 1. The van der Waals surface area contributed by atoms with Crippen LogP contribution in [0, 0.1) is 0 Å². The lowest BCUT2D eigenvalue weighted by Gasteiger charge is -2.19. The minimum Gasteiger partial charge on any atom is -0.353 e. The van der Waals surface area contributed by atoms with Crippen molar-refractivity contribution in [3.63, 3.8) is 0 Å². The summed E-state index contributed by atoms with van der Waals surface area (Å²) in [7, 11) is 4.34. The Morgan fingerprint density at radius 3 is 2.75 bits per heavy atom. The molecule has 1 unspecified atom stereocenters. The molecule has 1 aromatic rings. The van der Waals surface area contributed by atoms with E-state index < -0.39 is 0 Å². The highest BCUT2D eigenvalue weighted by atomic mass is 15.2. The molecule has 2 heteroatoms. The molecular formula is C10H16N2. The maximum Gasteiger partial charge on any atom is 0.0497 e. The molecule has 12 heavy (non-hydrogen) atoms. The van der Waals surface area contributed by atoms with Crippen molar-refractivity contribution in [1.82, 2.24) is 9.47 Å². The molecule has 2 heterocycles. The van der Waals surface area contributed by atoms with Crippen LogP contribution in [0.25, 0.3) is 0 Å². The highest BCUT2D eigenvalue weighted by molar-refractivity contribution is 5.12. The number of aryl methyl sites for hydroxylation is 1. The van der Waals surface area contributed by atoms with Gasteiger partial charge in [0.15, 0.2) is 0 Å². The van der Waals surface area contributed by atoms with E-state index in [9.17, 15) is 0 Å². The Labute approximate surface area is 73.8 Å². The van der Waals surface area contributed by atoms with Gasteiger partial charge >= 0.3 is 0 Å². The zero-order valence-electron chi connectivity index (χ0n) is 7.83. The normalized spacial score (nSPS) is 25.0. The number of aromatic nitrogens is 1. The third-order valence-corrected chi connectivity index (χ3v) is 2.85. The summed E-state index contributed by atoms with van der Waals surface area (Å²) in [6.07, 6.45) is 4.78. The van der Waals surface area contributed by atoms with Crippen LogP contribution < -0.4 is 0 Å². The average molecular weight is 164 g/mol. The van der Waals surface area contributed by atoms with E-state index in [0.717, 1.165) is 0 Å². The number of nitrogens with zero attached hydrogens (tertiary/aromatic N) is 2. The second-order valence-corrected chi connectivity index (χ2v) is 3.68. The predicted octanol–water partition coefficient (Wildman–Crippen LogP) is 1.79. The summed E-state index contributed by atoms with van der Waals surface area (Å²) in [5.74, 6) is 0. The fraction of sp³-hybridized carbons (Fsp3) is 0.600. The van der Waals surface area contributed by atoms with Crippen LogP contribution in [0.1, 0.15) is 24.6 Å². The lowest BCUT2D eigenvalue weighted by molar-refractivity contribution is 0.307. The van der Waals surface area contributed by atoms with Crippen LogP contribution in [0.2, 0.25) is 0 Å². The molecule has 0 saturated carbocycles. The second-order valence-electron chi connectivity index (χ2n) is 3.68. The van der Waals surface area contributed by atoms with Gasteiger partial charge in [0, 0.05) is 25.0 Å². The molecule has 66 valence electrons. The Bertz CT molecular complexity index is 265. The van der Waals surface area contributed by atoms with Crippen LogP contribution in [-0.2, 0) is 7.05 Å². The standard InChI is InChI=1S/C10H16N2/c1-11-7-3-5-9(11)10-6-4-8-12(10)2/h3,5,7,10H,4,6,8H2,1-2H3. The average Bonchev–Trinajstić information content (AvgIpc) is 2.59. The SMILES string of the molecule is CN1CCCC1c1cccn1C. The molecule has 0 bridgehead atoms. The largest absolute Gasteiger partial charge is 0.353 e. The Balaban J connectivity index is 2.24. The maximum absolute atomic E-state index is 2.44. The monoisotopic (exact) mass is 164 g/mol. The Morgan fingerprint density at radius 1 is 1.42 bits per heavy atom. The van der Waals surface area contributed by atoms with E-state index in [1.165, 1.54) is 25.1 Å². The lowest BCUT2D eigenvalue weighted by atomic mass is 10.1. The van der Waals surface area contributed by atoms with E-state index >= 15 is 0 Å². The van der Waals surface area contributed by atoms with Gasteiger partial charge < -0.3 is 4.57 Å². The van der Waals surface area contributed by atoms with Crippen LogP contribution in [0.5, 0.6) is 0 Å². The van der Waals surface area contributed by atoms with Gasteiger partial charge in [-0.2, -0.15) is 0 Å². The fourth-order valence-electron chi connectivity index (χ4n) is 2.10. The smallest absolute Gasteiger partial charge is 0.0497 e. The lowest BCUT2D eigenvalue weighted by Crippen LogP contribution is -2.19. The van der Waals surface area contributed by atoms with Gasteiger partial charge in [0.1, 0.15) is 0 Å². The predicted molar refractivity (Wildman–Crippen MR) is 50.0 cm³/mol. The number of rotatable bonds is 1. The molecule has 0 N–H and O–H groups in total. The van der Waals surface area contributed by atoms with Gasteiger partial charge in [-0.3, -0.25) is 4.90 Å². The van der Waals surface area contributed by atoms with Gasteiger partial charge in [-0.05, 0) is 38.6 Å². The summed E-state index contributed by atoms with van der Waals surface area (Å²) in [5.41, 5.74) is 1.45. The fourth-order valence-corrected chi connectivity index (χ4v) is 2.10. The van der Waals surface area contributed by atoms with Crippen molar-refractivity contribution in [2.75, 3.05) is 13.6 Å². The first-order valence-corrected chi connectivity index (χ1v) is 4.60. The molecule has 1 aliphatic heterocycles. The summed E-state index contributed by atoms with van der Waals surface area (Å²) >= 11 is 0. The number of hydrogen-bond donors (Lipinski definition) is 0. The van der Waals surface area contributed by atoms with Crippen molar-refractivity contribution in [3.05, 3.63) is 24.0 Å². The van der Waals surface area contributed by atoms with Crippen molar-refractivity contribution in [2.45, 2.75) is 18.9 Å². The minimum absolute atomic E-state index is 0.657. The summed E-state index contributed by atoms with van der Waals surface area (Å²) < 4.78 is 2.23. The number of likely N-dealkylation sites (tertiary alicyclic amines) is 1. The van der Waals surface area contributed by atoms with Crippen LogP contribution in [0.3, 0.4) is 0 Å². The van der Waals surface area contributed by atoms with Crippen LogP contribution in [-0.4, -0.2) is 23.1 Å². The topological polar surface area (TPSA) is 8.17 Å². The summed E-state index contributed by atoms with van der Waals surface area (Å²) in [6, 6.07) is 5.01. The highest BCUT2D eigenvalue weighted by Gasteiger charge is 2.23. The zero-order valence-corrected chi connectivity index (χ0v) is 7.83. The Hall–Kier alpha value is -0.760. The molecule has 1 fully saturated rings. The van der Waals surface area contributed by atoms with Gasteiger partial charge in [0.2, 0.25) is 0 Å². The molecule has 2 nitrogen and oxygen atoms in total. The van der Waals surface area contributed by atoms with Gasteiger partial charge in [-0.15, -0.1) is 0 Å². The van der Waals surface area contributed by atoms with Gasteiger partial charge in [0.25, 0.3) is 0 Å². The minimum atomic E-state index is 0.657.